The number of benzene rings is 1. The lowest BCUT2D eigenvalue weighted by molar-refractivity contribution is 0.291. The lowest BCUT2D eigenvalue weighted by Gasteiger charge is -2.13. The summed E-state index contributed by atoms with van der Waals surface area (Å²) in [5.74, 6) is 0.358. The van der Waals surface area contributed by atoms with Crippen LogP contribution in [0.15, 0.2) is 40.0 Å². The Kier molecular flexibility index (Phi) is 4.80. The van der Waals surface area contributed by atoms with Crippen LogP contribution < -0.4 is 10.5 Å². The van der Waals surface area contributed by atoms with Gasteiger partial charge in [0.25, 0.3) is 0 Å². The van der Waals surface area contributed by atoms with E-state index < -0.39 is 0 Å². The number of oxime groups is 1. The predicted molar refractivity (Wildman–Crippen MR) is 84.7 cm³/mol. The van der Waals surface area contributed by atoms with E-state index in [1.165, 1.54) is 0 Å². The summed E-state index contributed by atoms with van der Waals surface area (Å²) in [5.41, 5.74) is 8.89. The number of aryl methyl sites for hydroxylation is 2. The number of rotatable bonds is 4. The zero-order valence-corrected chi connectivity index (χ0v) is 13.4. The molecule has 6 heteroatoms. The number of amidine groups is 1. The van der Waals surface area contributed by atoms with Crippen LogP contribution in [-0.2, 0) is 6.61 Å². The molecule has 110 valence electrons. The van der Waals surface area contributed by atoms with Gasteiger partial charge < -0.3 is 15.7 Å². The molecule has 0 bridgehead atoms. The summed E-state index contributed by atoms with van der Waals surface area (Å²) in [6.45, 7) is 4.10. The van der Waals surface area contributed by atoms with Crippen LogP contribution in [0.4, 0.5) is 0 Å². The Balaban J connectivity index is 2.28. The molecule has 2 rings (SSSR count). The van der Waals surface area contributed by atoms with Gasteiger partial charge in [0.1, 0.15) is 6.61 Å². The minimum Gasteiger partial charge on any atom is -0.472 e. The van der Waals surface area contributed by atoms with Crippen LogP contribution in [0.25, 0.3) is 0 Å². The number of aromatic nitrogens is 1. The maximum absolute atomic E-state index is 8.90. The van der Waals surface area contributed by atoms with Crippen LogP contribution in [-0.4, -0.2) is 16.0 Å². The molecule has 1 heterocycles. The smallest absolute Gasteiger partial charge is 0.225 e. The van der Waals surface area contributed by atoms with Gasteiger partial charge in [0.15, 0.2) is 5.84 Å². The molecule has 2 aromatic rings. The molecule has 0 amide bonds. The number of pyridine rings is 1. The first-order valence-corrected chi connectivity index (χ1v) is 7.14. The van der Waals surface area contributed by atoms with E-state index in [0.717, 1.165) is 21.3 Å². The van der Waals surface area contributed by atoms with Gasteiger partial charge in [-0.05, 0) is 43.2 Å². The van der Waals surface area contributed by atoms with Gasteiger partial charge in [-0.2, -0.15) is 0 Å². The molecule has 0 aliphatic rings. The van der Waals surface area contributed by atoms with Gasteiger partial charge in [0.05, 0.1) is 5.56 Å². The Hall–Kier alpha value is -2.08. The molecule has 0 radical (unpaired) electrons. The molecule has 0 unspecified atom stereocenters. The standard InChI is InChI=1S/C15H16BrN3O2/c1-9-7-10(2)18-15(13(9)14(17)19-20)21-8-11-3-5-12(16)6-4-11/h3-7,20H,8H2,1-2H3,(H2,17,19). The molecule has 0 fully saturated rings. The van der Waals surface area contributed by atoms with Crippen molar-refractivity contribution in [3.63, 3.8) is 0 Å². The number of ether oxygens (including phenoxy) is 1. The molecule has 0 aliphatic heterocycles. The second-order valence-electron chi connectivity index (χ2n) is 4.66. The van der Waals surface area contributed by atoms with Crippen molar-refractivity contribution in [2.24, 2.45) is 10.9 Å². The van der Waals surface area contributed by atoms with Gasteiger partial charge in [0.2, 0.25) is 5.88 Å². The maximum atomic E-state index is 8.90. The first kappa shape index (κ1) is 15.3. The van der Waals surface area contributed by atoms with Gasteiger partial charge in [0, 0.05) is 10.2 Å². The third kappa shape index (κ3) is 3.72. The SMILES string of the molecule is Cc1cc(C)c(/C(N)=N/O)c(OCc2ccc(Br)cc2)n1. The van der Waals surface area contributed by atoms with Crippen LogP contribution >= 0.6 is 15.9 Å². The highest BCUT2D eigenvalue weighted by Crippen LogP contribution is 2.22. The van der Waals surface area contributed by atoms with Gasteiger partial charge in [-0.15, -0.1) is 0 Å². The average Bonchev–Trinajstić information content (AvgIpc) is 2.45. The Morgan fingerprint density at radius 3 is 2.62 bits per heavy atom. The van der Waals surface area contributed by atoms with Crippen molar-refractivity contribution in [2.75, 3.05) is 0 Å². The number of hydrogen-bond donors (Lipinski definition) is 2. The van der Waals surface area contributed by atoms with Crippen molar-refractivity contribution in [2.45, 2.75) is 20.5 Å². The van der Waals surface area contributed by atoms with Crippen molar-refractivity contribution in [1.29, 1.82) is 0 Å². The van der Waals surface area contributed by atoms with Gasteiger partial charge in [-0.25, -0.2) is 4.98 Å². The van der Waals surface area contributed by atoms with Gasteiger partial charge >= 0.3 is 0 Å². The van der Waals surface area contributed by atoms with Crippen molar-refractivity contribution in [3.05, 3.63) is 57.2 Å². The molecule has 0 atom stereocenters. The molecule has 0 spiro atoms. The maximum Gasteiger partial charge on any atom is 0.225 e. The predicted octanol–water partition coefficient (Wildman–Crippen LogP) is 3.13. The van der Waals surface area contributed by atoms with E-state index in [0.29, 0.717) is 18.1 Å². The summed E-state index contributed by atoms with van der Waals surface area (Å²) in [5, 5.41) is 11.9. The third-order valence-corrected chi connectivity index (χ3v) is 3.49. The average molecular weight is 350 g/mol. The summed E-state index contributed by atoms with van der Waals surface area (Å²) < 4.78 is 6.76. The second kappa shape index (κ2) is 6.58. The first-order chi connectivity index (χ1) is 10.0. The lowest BCUT2D eigenvalue weighted by atomic mass is 10.1. The third-order valence-electron chi connectivity index (χ3n) is 2.96. The molecule has 0 saturated carbocycles. The molecule has 0 saturated heterocycles. The molecule has 5 nitrogen and oxygen atoms in total. The van der Waals surface area contributed by atoms with Crippen LogP contribution in [0.1, 0.15) is 22.4 Å². The minimum absolute atomic E-state index is 0.00851. The molecular formula is C15H16BrN3O2. The van der Waals surface area contributed by atoms with E-state index in [-0.39, 0.29) is 5.84 Å². The Morgan fingerprint density at radius 1 is 1.33 bits per heavy atom. The summed E-state index contributed by atoms with van der Waals surface area (Å²) in [7, 11) is 0. The fourth-order valence-corrected chi connectivity index (χ4v) is 2.27. The largest absolute Gasteiger partial charge is 0.472 e. The van der Waals surface area contributed by atoms with E-state index in [2.05, 4.69) is 26.1 Å². The van der Waals surface area contributed by atoms with Crippen molar-refractivity contribution in [1.82, 2.24) is 4.98 Å². The van der Waals surface area contributed by atoms with Crippen molar-refractivity contribution < 1.29 is 9.94 Å². The fourth-order valence-electron chi connectivity index (χ4n) is 2.00. The topological polar surface area (TPSA) is 80.7 Å². The molecule has 1 aromatic carbocycles. The molecule has 1 aromatic heterocycles. The van der Waals surface area contributed by atoms with E-state index in [9.17, 15) is 0 Å². The van der Waals surface area contributed by atoms with Crippen LogP contribution in [0.5, 0.6) is 5.88 Å². The van der Waals surface area contributed by atoms with E-state index in [1.807, 2.05) is 44.2 Å². The quantitative estimate of drug-likeness (QED) is 0.384. The monoisotopic (exact) mass is 349 g/mol. The summed E-state index contributed by atoms with van der Waals surface area (Å²) in [6, 6.07) is 9.65. The number of hydrogen-bond acceptors (Lipinski definition) is 4. The number of nitrogens with zero attached hydrogens (tertiary/aromatic N) is 2. The fraction of sp³-hybridized carbons (Fsp3) is 0.200. The lowest BCUT2D eigenvalue weighted by Crippen LogP contribution is -2.17. The van der Waals surface area contributed by atoms with Gasteiger partial charge in [-0.1, -0.05) is 33.2 Å². The van der Waals surface area contributed by atoms with Crippen LogP contribution in [0.2, 0.25) is 0 Å². The first-order valence-electron chi connectivity index (χ1n) is 6.34. The second-order valence-corrected chi connectivity index (χ2v) is 5.58. The highest BCUT2D eigenvalue weighted by Gasteiger charge is 2.14. The summed E-state index contributed by atoms with van der Waals surface area (Å²) in [4.78, 5) is 4.33. The molecular weight excluding hydrogens is 334 g/mol. The number of nitrogens with two attached hydrogens (primary N) is 1. The molecule has 0 aliphatic carbocycles. The van der Waals surface area contributed by atoms with Gasteiger partial charge in [-0.3, -0.25) is 0 Å². The van der Waals surface area contributed by atoms with E-state index in [1.54, 1.807) is 0 Å². The van der Waals surface area contributed by atoms with E-state index in [4.69, 9.17) is 15.7 Å². The highest BCUT2D eigenvalue weighted by molar-refractivity contribution is 9.10. The normalized spacial score (nSPS) is 11.5. The Bertz CT molecular complexity index is 669. The van der Waals surface area contributed by atoms with Crippen molar-refractivity contribution in [3.8, 4) is 5.88 Å². The minimum atomic E-state index is -0.00851. The molecule has 3 N–H and O–H groups in total. The Morgan fingerprint density at radius 2 is 2.00 bits per heavy atom. The molecule has 21 heavy (non-hydrogen) atoms. The number of halogens is 1. The van der Waals surface area contributed by atoms with Crippen LogP contribution in [0, 0.1) is 13.8 Å². The van der Waals surface area contributed by atoms with E-state index >= 15 is 0 Å². The Labute approximate surface area is 131 Å². The zero-order valence-electron chi connectivity index (χ0n) is 11.8. The van der Waals surface area contributed by atoms with Crippen LogP contribution in [0.3, 0.4) is 0 Å². The highest BCUT2D eigenvalue weighted by atomic mass is 79.9. The summed E-state index contributed by atoms with van der Waals surface area (Å²) in [6.07, 6.45) is 0. The summed E-state index contributed by atoms with van der Waals surface area (Å²) >= 11 is 3.39. The zero-order chi connectivity index (χ0) is 15.4. The van der Waals surface area contributed by atoms with Crippen molar-refractivity contribution >= 4 is 21.8 Å².